The zero-order chi connectivity index (χ0) is 24.3. The van der Waals surface area contributed by atoms with Gasteiger partial charge in [0.05, 0.1) is 0 Å². The van der Waals surface area contributed by atoms with Gasteiger partial charge in [0, 0.05) is 22.3 Å². The van der Waals surface area contributed by atoms with Gasteiger partial charge in [-0.15, -0.1) is 0 Å². The molecule has 1 aliphatic carbocycles. The van der Waals surface area contributed by atoms with E-state index in [0.717, 1.165) is 32.7 Å². The summed E-state index contributed by atoms with van der Waals surface area (Å²) < 4.78 is 0. The fourth-order valence-corrected chi connectivity index (χ4v) is 5.95. The Labute approximate surface area is 209 Å². The van der Waals surface area contributed by atoms with Gasteiger partial charge >= 0.3 is 0 Å². The average Bonchev–Trinajstić information content (AvgIpc) is 2.95. The van der Waals surface area contributed by atoms with Crippen LogP contribution in [0.25, 0.3) is 21.5 Å². The van der Waals surface area contributed by atoms with E-state index < -0.39 is 11.2 Å². The van der Waals surface area contributed by atoms with Crippen LogP contribution in [-0.2, 0) is 11.2 Å². The highest BCUT2D eigenvalue weighted by atomic mass is 16.3. The predicted molar refractivity (Wildman–Crippen MR) is 145 cm³/mol. The van der Waals surface area contributed by atoms with Crippen LogP contribution in [0.15, 0.2) is 133 Å². The van der Waals surface area contributed by atoms with Gasteiger partial charge in [0.15, 0.2) is 0 Å². The third-order valence-electron chi connectivity index (χ3n) is 7.71. The van der Waals surface area contributed by atoms with E-state index in [9.17, 15) is 10.2 Å². The molecule has 0 aromatic heterocycles. The second-order valence-corrected chi connectivity index (χ2v) is 9.64. The van der Waals surface area contributed by atoms with Crippen molar-refractivity contribution in [2.45, 2.75) is 11.2 Å². The van der Waals surface area contributed by atoms with Gasteiger partial charge in [-0.25, -0.2) is 0 Å². The maximum absolute atomic E-state index is 12.8. The quantitative estimate of drug-likeness (QED) is 0.293. The van der Waals surface area contributed by atoms with E-state index in [1.54, 1.807) is 0 Å². The smallest absolute Gasteiger partial charge is 0.141 e. The first-order valence-electron chi connectivity index (χ1n) is 12.2. The average molecular weight is 465 g/mol. The molecular formula is C34H24O2. The van der Waals surface area contributed by atoms with Crippen LogP contribution in [0.5, 0.6) is 0 Å². The standard InChI is InChI=1S/C34H24O2/c35-33(27-15-3-1-4-16-27)29-19-23-11-7-9-13-25(23)21-31(29)34(36,28-17-5-2-6-18-28)32-22-26-14-10-8-12-24(26)20-30(32)33/h1-22,35-36H. The number of aliphatic hydroxyl groups is 2. The molecule has 0 heterocycles. The van der Waals surface area contributed by atoms with Crippen LogP contribution in [0.4, 0.5) is 0 Å². The molecule has 0 radical (unpaired) electrons. The Hall–Kier alpha value is -4.24. The summed E-state index contributed by atoms with van der Waals surface area (Å²) in [5.74, 6) is 0. The molecule has 0 bridgehead atoms. The van der Waals surface area contributed by atoms with Crippen molar-refractivity contribution in [1.82, 2.24) is 0 Å². The molecule has 0 saturated carbocycles. The van der Waals surface area contributed by atoms with Crippen LogP contribution in [-0.4, -0.2) is 10.2 Å². The monoisotopic (exact) mass is 464 g/mol. The van der Waals surface area contributed by atoms with Gasteiger partial charge in [0.2, 0.25) is 0 Å². The molecule has 36 heavy (non-hydrogen) atoms. The topological polar surface area (TPSA) is 40.5 Å². The SMILES string of the molecule is OC1(c2ccccc2)c2cc3ccccc3cc2C(O)(c2ccccc2)c2cc3ccccc3cc21. The zero-order valence-electron chi connectivity index (χ0n) is 19.6. The number of rotatable bonds is 2. The molecule has 2 nitrogen and oxygen atoms in total. The molecule has 0 spiro atoms. The van der Waals surface area contributed by atoms with E-state index in [0.29, 0.717) is 22.3 Å². The van der Waals surface area contributed by atoms with Crippen molar-refractivity contribution in [1.29, 1.82) is 0 Å². The maximum Gasteiger partial charge on any atom is 0.141 e. The number of fused-ring (bicyclic) bond motifs is 4. The molecule has 1 aliphatic rings. The maximum atomic E-state index is 12.8. The Morgan fingerprint density at radius 3 is 0.861 bits per heavy atom. The van der Waals surface area contributed by atoms with E-state index >= 15 is 0 Å². The molecular weight excluding hydrogens is 440 g/mol. The number of hydrogen-bond donors (Lipinski definition) is 2. The largest absolute Gasteiger partial charge is 0.376 e. The van der Waals surface area contributed by atoms with Crippen molar-refractivity contribution in [2.75, 3.05) is 0 Å². The highest BCUT2D eigenvalue weighted by molar-refractivity contribution is 5.90. The highest BCUT2D eigenvalue weighted by Gasteiger charge is 2.51. The summed E-state index contributed by atoms with van der Waals surface area (Å²) in [4.78, 5) is 0. The first-order chi connectivity index (χ1) is 17.6. The summed E-state index contributed by atoms with van der Waals surface area (Å²) in [7, 11) is 0. The minimum atomic E-state index is -1.44. The lowest BCUT2D eigenvalue weighted by Gasteiger charge is -2.45. The van der Waals surface area contributed by atoms with Gasteiger partial charge in [-0.3, -0.25) is 0 Å². The second kappa shape index (κ2) is 7.63. The molecule has 0 saturated heterocycles. The molecule has 6 aromatic rings. The summed E-state index contributed by atoms with van der Waals surface area (Å²) in [6.45, 7) is 0. The molecule has 0 unspecified atom stereocenters. The van der Waals surface area contributed by atoms with Gasteiger partial charge in [0.25, 0.3) is 0 Å². The molecule has 0 atom stereocenters. The molecule has 7 rings (SSSR count). The predicted octanol–water partition coefficient (Wildman–Crippen LogP) is 6.87. The lowest BCUT2D eigenvalue weighted by Crippen LogP contribution is -2.44. The Bertz CT molecular complexity index is 1540. The van der Waals surface area contributed by atoms with E-state index in [4.69, 9.17) is 0 Å². The third kappa shape index (κ3) is 2.80. The van der Waals surface area contributed by atoms with Crippen molar-refractivity contribution in [3.05, 3.63) is 167 Å². The van der Waals surface area contributed by atoms with Crippen LogP contribution < -0.4 is 0 Å². The Balaban J connectivity index is 1.70. The first-order valence-corrected chi connectivity index (χ1v) is 12.2. The van der Waals surface area contributed by atoms with Crippen molar-refractivity contribution >= 4 is 21.5 Å². The molecule has 172 valence electrons. The molecule has 0 fully saturated rings. The summed E-state index contributed by atoms with van der Waals surface area (Å²) in [5.41, 5.74) is 1.44. The first kappa shape index (κ1) is 21.1. The minimum absolute atomic E-state index is 0.696. The molecule has 2 N–H and O–H groups in total. The van der Waals surface area contributed by atoms with Crippen molar-refractivity contribution < 1.29 is 10.2 Å². The molecule has 0 amide bonds. The highest BCUT2D eigenvalue weighted by Crippen LogP contribution is 2.54. The number of hydrogen-bond acceptors (Lipinski definition) is 2. The van der Waals surface area contributed by atoms with Crippen LogP contribution in [0, 0.1) is 0 Å². The van der Waals surface area contributed by atoms with E-state index in [2.05, 4.69) is 24.3 Å². The lowest BCUT2D eigenvalue weighted by atomic mass is 9.62. The van der Waals surface area contributed by atoms with E-state index in [-0.39, 0.29) is 0 Å². The Morgan fingerprint density at radius 2 is 0.583 bits per heavy atom. The fraction of sp³-hybridized carbons (Fsp3) is 0.0588. The minimum Gasteiger partial charge on any atom is -0.376 e. The van der Waals surface area contributed by atoms with Gasteiger partial charge in [-0.2, -0.15) is 0 Å². The van der Waals surface area contributed by atoms with Crippen LogP contribution in [0.1, 0.15) is 33.4 Å². The van der Waals surface area contributed by atoms with Gasteiger partial charge in [-0.05, 0) is 56.9 Å². The van der Waals surface area contributed by atoms with Gasteiger partial charge in [-0.1, -0.05) is 109 Å². The van der Waals surface area contributed by atoms with Crippen LogP contribution in [0.2, 0.25) is 0 Å². The van der Waals surface area contributed by atoms with Crippen molar-refractivity contribution in [2.24, 2.45) is 0 Å². The normalized spacial score (nSPS) is 20.7. The van der Waals surface area contributed by atoms with E-state index in [1.807, 2.05) is 109 Å². The Morgan fingerprint density at radius 1 is 0.333 bits per heavy atom. The van der Waals surface area contributed by atoms with Gasteiger partial charge < -0.3 is 10.2 Å². The molecule has 0 aliphatic heterocycles. The summed E-state index contributed by atoms with van der Waals surface area (Å²) in [5, 5.41) is 29.7. The lowest BCUT2D eigenvalue weighted by molar-refractivity contribution is 0.0753. The fourth-order valence-electron chi connectivity index (χ4n) is 5.95. The summed E-state index contributed by atoms with van der Waals surface area (Å²) >= 11 is 0. The second-order valence-electron chi connectivity index (χ2n) is 9.64. The zero-order valence-corrected chi connectivity index (χ0v) is 19.6. The number of benzene rings is 6. The van der Waals surface area contributed by atoms with E-state index in [1.165, 1.54) is 0 Å². The summed E-state index contributed by atoms with van der Waals surface area (Å²) in [6, 6.07) is 44.0. The Kier molecular flexibility index (Phi) is 4.47. The van der Waals surface area contributed by atoms with Crippen molar-refractivity contribution in [3.8, 4) is 0 Å². The van der Waals surface area contributed by atoms with Gasteiger partial charge in [0.1, 0.15) is 11.2 Å². The van der Waals surface area contributed by atoms with Crippen LogP contribution in [0.3, 0.4) is 0 Å². The molecule has 6 aromatic carbocycles. The third-order valence-corrected chi connectivity index (χ3v) is 7.71. The molecule has 2 heteroatoms. The summed E-state index contributed by atoms with van der Waals surface area (Å²) in [6.07, 6.45) is 0. The van der Waals surface area contributed by atoms with Crippen molar-refractivity contribution in [3.63, 3.8) is 0 Å². The van der Waals surface area contributed by atoms with Crippen LogP contribution >= 0.6 is 0 Å².